The monoisotopic (exact) mass is 208 g/mol. The van der Waals surface area contributed by atoms with Gasteiger partial charge in [-0.1, -0.05) is 12.1 Å². The highest BCUT2D eigenvalue weighted by Crippen LogP contribution is 2.15. The molecule has 1 N–H and O–H groups in total. The number of aldehydes is 1. The fourth-order valence-corrected chi connectivity index (χ4v) is 1.32. The van der Waals surface area contributed by atoms with Gasteiger partial charge < -0.3 is 9.64 Å². The van der Waals surface area contributed by atoms with Crippen molar-refractivity contribution >= 4 is 6.29 Å². The van der Waals surface area contributed by atoms with Crippen molar-refractivity contribution < 1.29 is 14.4 Å². The minimum atomic E-state index is 0.620. The summed E-state index contributed by atoms with van der Waals surface area (Å²) in [7, 11) is 4.22. The van der Waals surface area contributed by atoms with Crippen LogP contribution in [0.2, 0.25) is 0 Å². The quantitative estimate of drug-likeness (QED) is 0.542. The molecular weight excluding hydrogens is 190 g/mol. The van der Waals surface area contributed by atoms with Crippen LogP contribution in [0.4, 0.5) is 0 Å². The van der Waals surface area contributed by atoms with Crippen molar-refractivity contribution in [3.63, 3.8) is 0 Å². The van der Waals surface area contributed by atoms with Gasteiger partial charge in [0, 0.05) is 6.42 Å². The van der Waals surface area contributed by atoms with Crippen molar-refractivity contribution in [3.8, 4) is 5.75 Å². The molecule has 0 aromatic heterocycles. The average Bonchev–Trinajstić information content (AvgIpc) is 2.24. The van der Waals surface area contributed by atoms with Crippen LogP contribution in [-0.4, -0.2) is 33.5 Å². The molecule has 1 rings (SSSR count). The average molecular weight is 208 g/mol. The van der Waals surface area contributed by atoms with Crippen LogP contribution in [-0.2, 0) is 0 Å². The molecule has 0 heterocycles. The molecule has 0 spiro atoms. The second-order valence-electron chi connectivity index (χ2n) is 3.81. The molecule has 0 aliphatic carbocycles. The Morgan fingerprint density at radius 3 is 2.73 bits per heavy atom. The summed E-state index contributed by atoms with van der Waals surface area (Å²) >= 11 is 0. The maximum atomic E-state index is 10.7. The lowest BCUT2D eigenvalue weighted by molar-refractivity contribution is -0.858. The third-order valence-electron chi connectivity index (χ3n) is 2.12. The number of ether oxygens (including phenoxy) is 1. The largest absolute Gasteiger partial charge is 0.493 e. The molecule has 3 heteroatoms. The molecule has 0 aliphatic heterocycles. The van der Waals surface area contributed by atoms with Gasteiger partial charge in [0.15, 0.2) is 6.29 Å². The van der Waals surface area contributed by atoms with Gasteiger partial charge in [-0.15, -0.1) is 0 Å². The summed E-state index contributed by atoms with van der Waals surface area (Å²) < 4.78 is 5.53. The fourth-order valence-electron chi connectivity index (χ4n) is 1.32. The Bertz CT molecular complexity index is 310. The number of para-hydroxylation sites is 1. The first-order valence-corrected chi connectivity index (χ1v) is 5.20. The third kappa shape index (κ3) is 4.13. The predicted molar refractivity (Wildman–Crippen MR) is 59.6 cm³/mol. The van der Waals surface area contributed by atoms with Crippen molar-refractivity contribution in [1.82, 2.24) is 0 Å². The van der Waals surface area contributed by atoms with E-state index < -0.39 is 0 Å². The minimum Gasteiger partial charge on any atom is -0.493 e. The highest BCUT2D eigenvalue weighted by atomic mass is 16.5. The van der Waals surface area contributed by atoms with E-state index in [9.17, 15) is 4.79 Å². The highest BCUT2D eigenvalue weighted by Gasteiger charge is 2.01. The molecule has 1 aromatic rings. The van der Waals surface area contributed by atoms with E-state index in [1.54, 1.807) is 6.07 Å². The van der Waals surface area contributed by atoms with Gasteiger partial charge >= 0.3 is 0 Å². The van der Waals surface area contributed by atoms with Gasteiger partial charge in [-0.2, -0.15) is 0 Å². The summed E-state index contributed by atoms with van der Waals surface area (Å²) in [6.45, 7) is 1.74. The number of hydrogen-bond acceptors (Lipinski definition) is 2. The maximum absolute atomic E-state index is 10.7. The summed E-state index contributed by atoms with van der Waals surface area (Å²) in [5.41, 5.74) is 0.620. The molecule has 0 radical (unpaired) electrons. The molecule has 0 unspecified atom stereocenters. The molecule has 0 atom stereocenters. The first-order valence-electron chi connectivity index (χ1n) is 5.20. The molecule has 0 aliphatic rings. The number of rotatable bonds is 6. The van der Waals surface area contributed by atoms with E-state index in [0.29, 0.717) is 17.9 Å². The van der Waals surface area contributed by atoms with Gasteiger partial charge in [0.1, 0.15) is 5.75 Å². The number of carbonyl (C=O) groups excluding carboxylic acids is 1. The van der Waals surface area contributed by atoms with E-state index in [4.69, 9.17) is 4.74 Å². The minimum absolute atomic E-state index is 0.620. The lowest BCUT2D eigenvalue weighted by atomic mass is 10.2. The van der Waals surface area contributed by atoms with Crippen LogP contribution >= 0.6 is 0 Å². The second kappa shape index (κ2) is 6.19. The van der Waals surface area contributed by atoms with Gasteiger partial charge in [-0.05, 0) is 12.1 Å². The molecule has 0 amide bonds. The fraction of sp³-hybridized carbons (Fsp3) is 0.417. The maximum Gasteiger partial charge on any atom is 0.153 e. The van der Waals surface area contributed by atoms with Crippen LogP contribution in [0.25, 0.3) is 0 Å². The van der Waals surface area contributed by atoms with E-state index in [1.165, 1.54) is 4.90 Å². The Labute approximate surface area is 90.7 Å². The van der Waals surface area contributed by atoms with Crippen LogP contribution in [0.5, 0.6) is 5.75 Å². The number of benzene rings is 1. The van der Waals surface area contributed by atoms with Gasteiger partial charge in [0.05, 0.1) is 32.8 Å². The van der Waals surface area contributed by atoms with Crippen molar-refractivity contribution in [2.45, 2.75) is 6.42 Å². The van der Waals surface area contributed by atoms with Crippen molar-refractivity contribution in [2.24, 2.45) is 0 Å². The number of carbonyl (C=O) groups is 1. The van der Waals surface area contributed by atoms with Crippen molar-refractivity contribution in [2.75, 3.05) is 27.2 Å². The van der Waals surface area contributed by atoms with Crippen molar-refractivity contribution in [1.29, 1.82) is 0 Å². The van der Waals surface area contributed by atoms with Gasteiger partial charge in [-0.25, -0.2) is 0 Å². The molecule has 0 bridgehead atoms. The molecule has 0 saturated carbocycles. The molecule has 82 valence electrons. The zero-order valence-electron chi connectivity index (χ0n) is 9.32. The SMILES string of the molecule is C[NH+](C)CCCOc1ccccc1C=O. The summed E-state index contributed by atoms with van der Waals surface area (Å²) in [4.78, 5) is 12.1. The standard InChI is InChI=1S/C12H17NO2/c1-13(2)8-5-9-15-12-7-4-3-6-11(12)10-14/h3-4,6-7,10H,5,8-9H2,1-2H3/p+1. The molecular formula is C12H18NO2+. The summed E-state index contributed by atoms with van der Waals surface area (Å²) in [6.07, 6.45) is 1.82. The molecule has 15 heavy (non-hydrogen) atoms. The number of nitrogens with one attached hydrogen (secondary N) is 1. The lowest BCUT2D eigenvalue weighted by Crippen LogP contribution is -3.05. The highest BCUT2D eigenvalue weighted by molar-refractivity contribution is 5.79. The summed E-state index contributed by atoms with van der Waals surface area (Å²) in [5.74, 6) is 0.682. The van der Waals surface area contributed by atoms with Crippen LogP contribution in [0.1, 0.15) is 16.8 Å². The molecule has 0 saturated heterocycles. The Hall–Kier alpha value is -1.35. The molecule has 0 fully saturated rings. The van der Waals surface area contributed by atoms with E-state index in [1.807, 2.05) is 18.2 Å². The summed E-state index contributed by atoms with van der Waals surface area (Å²) in [5, 5.41) is 0. The van der Waals surface area contributed by atoms with E-state index in [0.717, 1.165) is 19.3 Å². The summed E-state index contributed by atoms with van der Waals surface area (Å²) in [6, 6.07) is 7.30. The van der Waals surface area contributed by atoms with Gasteiger partial charge in [-0.3, -0.25) is 4.79 Å². The Morgan fingerprint density at radius 2 is 2.07 bits per heavy atom. The van der Waals surface area contributed by atoms with Crippen LogP contribution in [0.15, 0.2) is 24.3 Å². The topological polar surface area (TPSA) is 30.7 Å². The van der Waals surface area contributed by atoms with E-state index >= 15 is 0 Å². The third-order valence-corrected chi connectivity index (χ3v) is 2.12. The second-order valence-corrected chi connectivity index (χ2v) is 3.81. The Morgan fingerprint density at radius 1 is 1.33 bits per heavy atom. The Kier molecular flexibility index (Phi) is 4.84. The van der Waals surface area contributed by atoms with E-state index in [-0.39, 0.29) is 0 Å². The van der Waals surface area contributed by atoms with Crippen LogP contribution in [0, 0.1) is 0 Å². The zero-order valence-corrected chi connectivity index (χ0v) is 9.32. The van der Waals surface area contributed by atoms with E-state index in [2.05, 4.69) is 14.1 Å². The Balaban J connectivity index is 2.40. The zero-order chi connectivity index (χ0) is 11.1. The van der Waals surface area contributed by atoms with Crippen LogP contribution < -0.4 is 9.64 Å². The number of hydrogen-bond donors (Lipinski definition) is 1. The first-order chi connectivity index (χ1) is 7.24. The number of quaternary nitrogens is 1. The van der Waals surface area contributed by atoms with Gasteiger partial charge in [0.2, 0.25) is 0 Å². The van der Waals surface area contributed by atoms with Gasteiger partial charge in [0.25, 0.3) is 0 Å². The van der Waals surface area contributed by atoms with Crippen molar-refractivity contribution in [3.05, 3.63) is 29.8 Å². The lowest BCUT2D eigenvalue weighted by Gasteiger charge is -2.09. The normalized spacial score (nSPS) is 10.3. The molecule has 1 aromatic carbocycles. The predicted octanol–water partition coefficient (Wildman–Crippen LogP) is 0.413. The smallest absolute Gasteiger partial charge is 0.153 e. The first kappa shape index (κ1) is 11.7. The molecule has 3 nitrogen and oxygen atoms in total. The van der Waals surface area contributed by atoms with Crippen LogP contribution in [0.3, 0.4) is 0 Å².